The van der Waals surface area contributed by atoms with Crippen LogP contribution >= 0.6 is 23.3 Å². The van der Waals surface area contributed by atoms with E-state index in [-0.39, 0.29) is 11.9 Å². The Labute approximate surface area is 244 Å². The van der Waals surface area contributed by atoms with E-state index in [4.69, 9.17) is 9.97 Å². The number of nitrogens with one attached hydrogen (secondary N) is 2. The van der Waals surface area contributed by atoms with Crippen LogP contribution in [0.5, 0.6) is 0 Å². The molecule has 1 fully saturated rings. The van der Waals surface area contributed by atoms with Gasteiger partial charge in [0, 0.05) is 42.7 Å². The number of nitrogens with zero attached hydrogens (tertiary/aromatic N) is 6. The zero-order chi connectivity index (χ0) is 28.2. The zero-order valence-electron chi connectivity index (χ0n) is 23.8. The van der Waals surface area contributed by atoms with Gasteiger partial charge in [-0.1, -0.05) is 45.7 Å². The fraction of sp³-hybridized carbons (Fsp3) is 0.448. The molecule has 0 radical (unpaired) electrons. The minimum atomic E-state index is -0.0989. The van der Waals surface area contributed by atoms with Crippen molar-refractivity contribution < 1.29 is 4.79 Å². The molecule has 1 unspecified atom stereocenters. The Morgan fingerprint density at radius 3 is 2.65 bits per heavy atom. The molecule has 1 amide bonds. The van der Waals surface area contributed by atoms with E-state index < -0.39 is 0 Å². The number of aromatic nitrogens is 4. The van der Waals surface area contributed by atoms with Gasteiger partial charge < -0.3 is 10.2 Å². The molecule has 4 aromatic rings. The summed E-state index contributed by atoms with van der Waals surface area (Å²) in [7, 11) is 0. The highest BCUT2D eigenvalue weighted by Gasteiger charge is 2.29. The standard InChI is InChI=1S/C29H38N8OS2/c1-6-35(7-2)20(5)15-30-29(38)21-13-25(32-27(14-21)36-17-22(18-36)34-40-19(3)4)23-16-31-37-11-10-24(33-28(23)37)26-9-8-12-39-26/h8-14,16,19-20,22,34H,6-7,15,17-18H2,1-5H3,(H,30,38). The first-order valence-electron chi connectivity index (χ1n) is 13.9. The second-order valence-corrected chi connectivity index (χ2v) is 12.7. The third kappa shape index (κ3) is 6.33. The molecule has 212 valence electrons. The molecule has 5 heterocycles. The topological polar surface area (TPSA) is 90.7 Å². The number of thiophene rings is 1. The van der Waals surface area contributed by atoms with Crippen molar-refractivity contribution in [1.82, 2.24) is 34.5 Å². The van der Waals surface area contributed by atoms with Crippen LogP contribution in [0.2, 0.25) is 0 Å². The van der Waals surface area contributed by atoms with Crippen LogP contribution in [0.3, 0.4) is 0 Å². The van der Waals surface area contributed by atoms with Crippen molar-refractivity contribution in [3.8, 4) is 21.8 Å². The molecule has 1 atom stereocenters. The minimum absolute atomic E-state index is 0.0989. The summed E-state index contributed by atoms with van der Waals surface area (Å²) in [5.41, 5.74) is 3.69. The molecule has 2 N–H and O–H groups in total. The second-order valence-electron chi connectivity index (χ2n) is 10.4. The molecule has 0 aliphatic carbocycles. The molecule has 4 aromatic heterocycles. The summed E-state index contributed by atoms with van der Waals surface area (Å²) in [6, 6.07) is 10.5. The van der Waals surface area contributed by atoms with Gasteiger partial charge in [-0.05, 0) is 49.7 Å². The van der Waals surface area contributed by atoms with E-state index in [0.717, 1.165) is 48.1 Å². The Morgan fingerprint density at radius 1 is 1.15 bits per heavy atom. The van der Waals surface area contributed by atoms with Gasteiger partial charge >= 0.3 is 0 Å². The molecule has 0 aromatic carbocycles. The maximum Gasteiger partial charge on any atom is 0.251 e. The Hall–Kier alpha value is -2.99. The van der Waals surface area contributed by atoms with Crippen LogP contribution in [0.15, 0.2) is 48.1 Å². The summed E-state index contributed by atoms with van der Waals surface area (Å²) in [6.45, 7) is 15.0. The third-order valence-electron chi connectivity index (χ3n) is 7.16. The van der Waals surface area contributed by atoms with Gasteiger partial charge in [0.2, 0.25) is 0 Å². The molecular formula is C29H38N8OS2. The number of anilines is 1. The number of amides is 1. The summed E-state index contributed by atoms with van der Waals surface area (Å²) in [5, 5.41) is 10.3. The molecule has 9 nitrogen and oxygen atoms in total. The number of hydrogen-bond donors (Lipinski definition) is 2. The highest BCUT2D eigenvalue weighted by molar-refractivity contribution is 7.98. The van der Waals surface area contributed by atoms with Crippen LogP contribution in [-0.4, -0.2) is 80.4 Å². The van der Waals surface area contributed by atoms with Gasteiger partial charge in [-0.25, -0.2) is 14.5 Å². The van der Waals surface area contributed by atoms with Gasteiger partial charge in [0.05, 0.1) is 34.1 Å². The molecule has 1 aliphatic rings. The Balaban J connectivity index is 1.45. The van der Waals surface area contributed by atoms with Crippen molar-refractivity contribution in [2.24, 2.45) is 0 Å². The molecule has 0 saturated carbocycles. The summed E-state index contributed by atoms with van der Waals surface area (Å²) >= 11 is 3.41. The zero-order valence-corrected chi connectivity index (χ0v) is 25.4. The number of carbonyl (C=O) groups is 1. The first-order valence-corrected chi connectivity index (χ1v) is 15.7. The van der Waals surface area contributed by atoms with E-state index in [1.807, 2.05) is 35.8 Å². The monoisotopic (exact) mass is 578 g/mol. The van der Waals surface area contributed by atoms with Crippen molar-refractivity contribution in [2.45, 2.75) is 52.0 Å². The molecule has 40 heavy (non-hydrogen) atoms. The number of pyridine rings is 1. The van der Waals surface area contributed by atoms with Crippen LogP contribution in [0.1, 0.15) is 45.0 Å². The van der Waals surface area contributed by atoms with Crippen molar-refractivity contribution in [2.75, 3.05) is 37.6 Å². The number of rotatable bonds is 12. The molecule has 11 heteroatoms. The summed E-state index contributed by atoms with van der Waals surface area (Å²) < 4.78 is 5.30. The van der Waals surface area contributed by atoms with E-state index in [1.165, 1.54) is 0 Å². The predicted molar refractivity (Wildman–Crippen MR) is 166 cm³/mol. The highest BCUT2D eigenvalue weighted by atomic mass is 32.2. The van der Waals surface area contributed by atoms with Gasteiger partial charge in [0.25, 0.3) is 5.91 Å². The number of carbonyl (C=O) groups excluding carboxylic acids is 1. The summed E-state index contributed by atoms with van der Waals surface area (Å²) in [5.74, 6) is 0.693. The fourth-order valence-corrected chi connectivity index (χ4v) is 6.16. The smallest absolute Gasteiger partial charge is 0.251 e. The first kappa shape index (κ1) is 28.5. The second kappa shape index (κ2) is 12.7. The van der Waals surface area contributed by atoms with Gasteiger partial charge in [-0.2, -0.15) is 5.10 Å². The maximum atomic E-state index is 13.4. The van der Waals surface area contributed by atoms with E-state index in [2.05, 4.69) is 65.6 Å². The lowest BCUT2D eigenvalue weighted by Crippen LogP contribution is -2.57. The van der Waals surface area contributed by atoms with E-state index in [1.54, 1.807) is 34.0 Å². The number of likely N-dealkylation sites (N-methyl/N-ethyl adjacent to an activating group) is 1. The number of fused-ring (bicyclic) bond motifs is 1. The van der Waals surface area contributed by atoms with Crippen LogP contribution in [0.25, 0.3) is 27.5 Å². The lowest BCUT2D eigenvalue weighted by atomic mass is 10.1. The summed E-state index contributed by atoms with van der Waals surface area (Å²) in [6.07, 6.45) is 3.71. The van der Waals surface area contributed by atoms with Crippen LogP contribution < -0.4 is 14.9 Å². The average molecular weight is 579 g/mol. The Bertz CT molecular complexity index is 1430. The van der Waals surface area contributed by atoms with Crippen LogP contribution in [-0.2, 0) is 0 Å². The van der Waals surface area contributed by atoms with Gasteiger partial charge in [0.15, 0.2) is 5.65 Å². The Morgan fingerprint density at radius 2 is 1.95 bits per heavy atom. The fourth-order valence-electron chi connectivity index (χ4n) is 4.85. The SMILES string of the molecule is CCN(CC)C(C)CNC(=O)c1cc(-c2cnn3ccc(-c4cccs4)nc23)nc(N2CC(NSC(C)C)C2)c1. The molecule has 1 saturated heterocycles. The van der Waals surface area contributed by atoms with Crippen LogP contribution in [0.4, 0.5) is 5.82 Å². The van der Waals surface area contributed by atoms with E-state index in [9.17, 15) is 4.79 Å². The lowest BCUT2D eigenvalue weighted by molar-refractivity contribution is 0.0938. The van der Waals surface area contributed by atoms with Gasteiger partial charge in [-0.15, -0.1) is 11.3 Å². The quantitative estimate of drug-likeness (QED) is 0.232. The maximum absolute atomic E-state index is 13.4. The third-order valence-corrected chi connectivity index (χ3v) is 9.00. The molecule has 0 spiro atoms. The lowest BCUT2D eigenvalue weighted by Gasteiger charge is -2.40. The molecular weight excluding hydrogens is 541 g/mol. The van der Waals surface area contributed by atoms with Gasteiger partial charge in [0.1, 0.15) is 5.82 Å². The largest absolute Gasteiger partial charge is 0.353 e. The van der Waals surface area contributed by atoms with Crippen LogP contribution in [0, 0.1) is 0 Å². The molecule has 1 aliphatic heterocycles. The van der Waals surface area contributed by atoms with Crippen molar-refractivity contribution in [3.05, 3.63) is 53.7 Å². The summed E-state index contributed by atoms with van der Waals surface area (Å²) in [4.78, 5) is 29.0. The van der Waals surface area contributed by atoms with E-state index in [0.29, 0.717) is 34.7 Å². The number of hydrogen-bond acceptors (Lipinski definition) is 9. The predicted octanol–water partition coefficient (Wildman–Crippen LogP) is 4.81. The minimum Gasteiger partial charge on any atom is -0.353 e. The van der Waals surface area contributed by atoms with Gasteiger partial charge in [-0.3, -0.25) is 14.4 Å². The molecule has 5 rings (SSSR count). The average Bonchev–Trinajstić information content (AvgIpc) is 3.61. The first-order chi connectivity index (χ1) is 19.4. The van der Waals surface area contributed by atoms with E-state index >= 15 is 0 Å². The highest BCUT2D eigenvalue weighted by Crippen LogP contribution is 2.30. The molecule has 0 bridgehead atoms. The Kier molecular flexibility index (Phi) is 9.04. The van der Waals surface area contributed by atoms with Crippen molar-refractivity contribution in [3.63, 3.8) is 0 Å². The van der Waals surface area contributed by atoms with Crippen molar-refractivity contribution >= 4 is 40.7 Å². The van der Waals surface area contributed by atoms with Crippen molar-refractivity contribution in [1.29, 1.82) is 0 Å². The normalized spacial score (nSPS) is 14.7.